The second kappa shape index (κ2) is 4.26. The van der Waals surface area contributed by atoms with Gasteiger partial charge in [0.2, 0.25) is 5.78 Å². The van der Waals surface area contributed by atoms with Gasteiger partial charge in [0.25, 0.3) is 0 Å². The first-order chi connectivity index (χ1) is 7.66. The van der Waals surface area contributed by atoms with Crippen molar-refractivity contribution in [2.24, 2.45) is 0 Å². The smallest absolute Gasteiger partial charge is 0.202 e. The van der Waals surface area contributed by atoms with Crippen LogP contribution in [0.15, 0.2) is 41.0 Å². The lowest BCUT2D eigenvalue weighted by Gasteiger charge is -2.01. The largest absolute Gasteiger partial charge is 0.461 e. The summed E-state index contributed by atoms with van der Waals surface area (Å²) in [6.07, 6.45) is 1.15. The van der Waals surface area contributed by atoms with Crippen LogP contribution in [0, 0.1) is 11.6 Å². The van der Waals surface area contributed by atoms with Gasteiger partial charge in [0, 0.05) is 6.42 Å². The van der Waals surface area contributed by atoms with E-state index in [9.17, 15) is 13.6 Å². The van der Waals surface area contributed by atoms with E-state index in [4.69, 9.17) is 4.42 Å². The Morgan fingerprint density at radius 2 is 2.06 bits per heavy atom. The van der Waals surface area contributed by atoms with Crippen molar-refractivity contribution in [1.82, 2.24) is 0 Å². The number of Topliss-reactive ketones (excluding diaryl/α,β-unsaturated/α-hetero) is 1. The third kappa shape index (κ3) is 2.16. The van der Waals surface area contributed by atoms with E-state index >= 15 is 0 Å². The number of benzene rings is 1. The predicted octanol–water partition coefficient (Wildman–Crippen LogP) is 2.98. The molecule has 0 bridgehead atoms. The van der Waals surface area contributed by atoms with Crippen LogP contribution in [0.5, 0.6) is 0 Å². The number of carbonyl (C=O) groups is 1. The molecule has 1 aromatic heterocycles. The summed E-state index contributed by atoms with van der Waals surface area (Å²) in [5, 5.41) is 0. The van der Waals surface area contributed by atoms with Crippen molar-refractivity contribution >= 4 is 5.78 Å². The van der Waals surface area contributed by atoms with Crippen molar-refractivity contribution in [3.8, 4) is 0 Å². The molecule has 2 nitrogen and oxygen atoms in total. The quantitative estimate of drug-likeness (QED) is 0.747. The average molecular weight is 222 g/mol. The number of rotatable bonds is 3. The third-order valence-electron chi connectivity index (χ3n) is 2.15. The molecule has 0 saturated carbocycles. The standard InChI is InChI=1S/C12H8F2O2/c13-9-3-4-10(14)8(6-9)7-11(15)12-2-1-5-16-12/h1-6H,7H2. The lowest BCUT2D eigenvalue weighted by molar-refractivity contribution is 0.0965. The fourth-order valence-electron chi connectivity index (χ4n) is 1.38. The number of ketones is 1. The summed E-state index contributed by atoms with van der Waals surface area (Å²) in [4.78, 5) is 11.6. The molecular weight excluding hydrogens is 214 g/mol. The molecule has 0 radical (unpaired) electrons. The molecule has 4 heteroatoms. The minimum absolute atomic E-state index is 0.0291. The normalized spacial score (nSPS) is 10.4. The SMILES string of the molecule is O=C(Cc1cc(F)ccc1F)c1ccco1. The van der Waals surface area contributed by atoms with E-state index < -0.39 is 11.6 Å². The van der Waals surface area contributed by atoms with Gasteiger partial charge in [0.05, 0.1) is 6.26 Å². The molecular formula is C12H8F2O2. The minimum Gasteiger partial charge on any atom is -0.461 e. The van der Waals surface area contributed by atoms with Crippen LogP contribution in [0.25, 0.3) is 0 Å². The Balaban J connectivity index is 2.21. The number of furan rings is 1. The highest BCUT2D eigenvalue weighted by Crippen LogP contribution is 2.13. The zero-order valence-electron chi connectivity index (χ0n) is 8.24. The fraction of sp³-hybridized carbons (Fsp3) is 0.0833. The fourth-order valence-corrected chi connectivity index (χ4v) is 1.38. The topological polar surface area (TPSA) is 30.2 Å². The Hall–Kier alpha value is -1.97. The first-order valence-electron chi connectivity index (χ1n) is 4.67. The second-order valence-corrected chi connectivity index (χ2v) is 3.31. The summed E-state index contributed by atoms with van der Waals surface area (Å²) in [6.45, 7) is 0. The summed E-state index contributed by atoms with van der Waals surface area (Å²) >= 11 is 0. The Kier molecular flexibility index (Phi) is 2.81. The highest BCUT2D eigenvalue weighted by Gasteiger charge is 2.13. The first-order valence-corrected chi connectivity index (χ1v) is 4.67. The Morgan fingerprint density at radius 1 is 1.25 bits per heavy atom. The van der Waals surface area contributed by atoms with Crippen LogP contribution in [0.2, 0.25) is 0 Å². The first kappa shape index (κ1) is 10.5. The zero-order valence-corrected chi connectivity index (χ0v) is 8.24. The molecule has 0 aliphatic heterocycles. The summed E-state index contributed by atoms with van der Waals surface area (Å²) in [5.74, 6) is -1.40. The number of carbonyl (C=O) groups excluding carboxylic acids is 1. The number of hydrogen-bond donors (Lipinski definition) is 0. The van der Waals surface area contributed by atoms with E-state index in [1.54, 1.807) is 6.07 Å². The van der Waals surface area contributed by atoms with Crippen LogP contribution < -0.4 is 0 Å². The number of halogens is 2. The third-order valence-corrected chi connectivity index (χ3v) is 2.15. The highest BCUT2D eigenvalue weighted by atomic mass is 19.1. The van der Waals surface area contributed by atoms with E-state index in [-0.39, 0.29) is 23.5 Å². The second-order valence-electron chi connectivity index (χ2n) is 3.31. The maximum absolute atomic E-state index is 13.2. The van der Waals surface area contributed by atoms with Crippen LogP contribution in [0.3, 0.4) is 0 Å². The molecule has 0 aliphatic carbocycles. The minimum atomic E-state index is -0.596. The van der Waals surface area contributed by atoms with E-state index in [0.29, 0.717) is 0 Å². The highest BCUT2D eigenvalue weighted by molar-refractivity contribution is 5.94. The van der Waals surface area contributed by atoms with Gasteiger partial charge in [-0.3, -0.25) is 4.79 Å². The van der Waals surface area contributed by atoms with Gasteiger partial charge in [-0.25, -0.2) is 8.78 Å². The summed E-state index contributed by atoms with van der Waals surface area (Å²) in [7, 11) is 0. The van der Waals surface area contributed by atoms with Crippen molar-refractivity contribution in [2.45, 2.75) is 6.42 Å². The van der Waals surface area contributed by atoms with Gasteiger partial charge in [-0.15, -0.1) is 0 Å². The molecule has 0 fully saturated rings. The lowest BCUT2D eigenvalue weighted by atomic mass is 10.1. The monoisotopic (exact) mass is 222 g/mol. The van der Waals surface area contributed by atoms with Crippen molar-refractivity contribution in [3.05, 3.63) is 59.6 Å². The maximum atomic E-state index is 13.2. The van der Waals surface area contributed by atoms with Gasteiger partial charge in [0.1, 0.15) is 11.6 Å². The van der Waals surface area contributed by atoms with Crippen LogP contribution in [0.4, 0.5) is 8.78 Å². The lowest BCUT2D eigenvalue weighted by Crippen LogP contribution is -2.04. The van der Waals surface area contributed by atoms with Gasteiger partial charge in [-0.2, -0.15) is 0 Å². The Morgan fingerprint density at radius 3 is 2.75 bits per heavy atom. The van der Waals surface area contributed by atoms with Crippen LogP contribution >= 0.6 is 0 Å². The van der Waals surface area contributed by atoms with Crippen molar-refractivity contribution in [1.29, 1.82) is 0 Å². The summed E-state index contributed by atoms with van der Waals surface area (Å²) < 4.78 is 30.9. The number of hydrogen-bond acceptors (Lipinski definition) is 2. The molecule has 1 aromatic carbocycles. The van der Waals surface area contributed by atoms with Crippen LogP contribution in [-0.4, -0.2) is 5.78 Å². The van der Waals surface area contributed by atoms with Gasteiger partial charge in [-0.1, -0.05) is 0 Å². The Bertz CT molecular complexity index is 504. The van der Waals surface area contributed by atoms with Gasteiger partial charge in [-0.05, 0) is 35.9 Å². The van der Waals surface area contributed by atoms with E-state index in [0.717, 1.165) is 18.2 Å². The molecule has 0 aliphatic rings. The maximum Gasteiger partial charge on any atom is 0.202 e. The van der Waals surface area contributed by atoms with E-state index in [1.165, 1.54) is 12.3 Å². The van der Waals surface area contributed by atoms with Crippen LogP contribution in [-0.2, 0) is 6.42 Å². The van der Waals surface area contributed by atoms with Crippen LogP contribution in [0.1, 0.15) is 16.1 Å². The van der Waals surface area contributed by atoms with E-state index in [2.05, 4.69) is 0 Å². The van der Waals surface area contributed by atoms with Crippen molar-refractivity contribution in [3.63, 3.8) is 0 Å². The average Bonchev–Trinajstić information content (AvgIpc) is 2.76. The molecule has 1 heterocycles. The molecule has 2 aromatic rings. The molecule has 0 amide bonds. The molecule has 16 heavy (non-hydrogen) atoms. The van der Waals surface area contributed by atoms with Crippen molar-refractivity contribution in [2.75, 3.05) is 0 Å². The van der Waals surface area contributed by atoms with E-state index in [1.807, 2.05) is 0 Å². The summed E-state index contributed by atoms with van der Waals surface area (Å²) in [5.41, 5.74) is 0.0291. The van der Waals surface area contributed by atoms with Gasteiger partial charge in [0.15, 0.2) is 5.76 Å². The molecule has 0 N–H and O–H groups in total. The Labute approximate surface area is 90.5 Å². The zero-order chi connectivity index (χ0) is 11.5. The molecule has 0 atom stereocenters. The molecule has 82 valence electrons. The van der Waals surface area contributed by atoms with Gasteiger partial charge >= 0.3 is 0 Å². The predicted molar refractivity (Wildman–Crippen MR) is 53.1 cm³/mol. The van der Waals surface area contributed by atoms with Crippen molar-refractivity contribution < 1.29 is 18.0 Å². The molecule has 2 rings (SSSR count). The molecule has 0 unspecified atom stereocenters. The molecule has 0 saturated heterocycles. The molecule has 0 spiro atoms. The van der Waals surface area contributed by atoms with Gasteiger partial charge < -0.3 is 4.42 Å². The summed E-state index contributed by atoms with van der Waals surface area (Å²) in [6, 6.07) is 6.07.